The lowest BCUT2D eigenvalue weighted by Crippen LogP contribution is -2.30. The van der Waals surface area contributed by atoms with Gasteiger partial charge in [-0.15, -0.1) is 0 Å². The number of rotatable bonds is 5. The van der Waals surface area contributed by atoms with Crippen molar-refractivity contribution in [2.24, 2.45) is 0 Å². The predicted octanol–water partition coefficient (Wildman–Crippen LogP) is 2.84. The first-order chi connectivity index (χ1) is 8.58. The summed E-state index contributed by atoms with van der Waals surface area (Å²) in [5.74, 6) is 0.832. The molecule has 0 fully saturated rings. The van der Waals surface area contributed by atoms with E-state index in [0.29, 0.717) is 35.2 Å². The highest BCUT2D eigenvalue weighted by atomic mass is 35.5. The highest BCUT2D eigenvalue weighted by Crippen LogP contribution is 2.36. The Labute approximate surface area is 112 Å². The molecule has 0 aromatic heterocycles. The van der Waals surface area contributed by atoms with E-state index in [1.54, 1.807) is 17.0 Å². The normalized spacial score (nSPS) is 10.1. The molecule has 0 saturated heterocycles. The van der Waals surface area contributed by atoms with E-state index >= 15 is 0 Å². The zero-order chi connectivity index (χ0) is 13.7. The molecule has 0 aliphatic rings. The molecule has 0 aliphatic heterocycles. The number of benzene rings is 1. The van der Waals surface area contributed by atoms with Gasteiger partial charge in [0.2, 0.25) is 0 Å². The number of carbonyl (C=O) groups excluding carboxylic acids is 1. The standard InChI is InChI=1S/C13H18ClNO3/c1-5-15(6-2)13(16)9-7-10(14)12(18-4)11(8-9)17-3/h7-8H,5-6H2,1-4H3. The molecule has 0 bridgehead atoms. The molecule has 0 heterocycles. The number of methoxy groups -OCH3 is 2. The highest BCUT2D eigenvalue weighted by Gasteiger charge is 2.18. The third-order valence-corrected chi connectivity index (χ3v) is 3.01. The first-order valence-electron chi connectivity index (χ1n) is 5.79. The van der Waals surface area contributed by atoms with Gasteiger partial charge in [-0.05, 0) is 26.0 Å². The molecule has 1 rings (SSSR count). The van der Waals surface area contributed by atoms with Gasteiger partial charge in [-0.25, -0.2) is 0 Å². The van der Waals surface area contributed by atoms with E-state index in [0.717, 1.165) is 0 Å². The van der Waals surface area contributed by atoms with Crippen LogP contribution in [-0.4, -0.2) is 38.1 Å². The minimum atomic E-state index is -0.0668. The Kier molecular flexibility index (Phi) is 5.28. The molecule has 100 valence electrons. The summed E-state index contributed by atoms with van der Waals surface area (Å²) >= 11 is 6.07. The van der Waals surface area contributed by atoms with E-state index in [1.165, 1.54) is 14.2 Å². The molecule has 1 aromatic carbocycles. The first-order valence-corrected chi connectivity index (χ1v) is 6.17. The van der Waals surface area contributed by atoms with E-state index in [1.807, 2.05) is 13.8 Å². The Morgan fingerprint density at radius 3 is 2.28 bits per heavy atom. The van der Waals surface area contributed by atoms with Gasteiger partial charge in [-0.2, -0.15) is 0 Å². The smallest absolute Gasteiger partial charge is 0.254 e. The summed E-state index contributed by atoms with van der Waals surface area (Å²) in [6.45, 7) is 5.18. The maximum Gasteiger partial charge on any atom is 0.254 e. The quantitative estimate of drug-likeness (QED) is 0.827. The van der Waals surface area contributed by atoms with Gasteiger partial charge in [0.25, 0.3) is 5.91 Å². The van der Waals surface area contributed by atoms with Gasteiger partial charge in [0.1, 0.15) is 0 Å². The van der Waals surface area contributed by atoms with Gasteiger partial charge in [0.15, 0.2) is 11.5 Å². The van der Waals surface area contributed by atoms with Crippen LogP contribution in [0.3, 0.4) is 0 Å². The van der Waals surface area contributed by atoms with Crippen molar-refractivity contribution in [1.29, 1.82) is 0 Å². The van der Waals surface area contributed by atoms with Gasteiger partial charge >= 0.3 is 0 Å². The lowest BCUT2D eigenvalue weighted by atomic mass is 10.1. The van der Waals surface area contributed by atoms with Crippen molar-refractivity contribution in [3.8, 4) is 11.5 Å². The maximum absolute atomic E-state index is 12.2. The highest BCUT2D eigenvalue weighted by molar-refractivity contribution is 6.32. The van der Waals surface area contributed by atoms with Gasteiger partial charge in [0, 0.05) is 18.7 Å². The van der Waals surface area contributed by atoms with Gasteiger partial charge in [0.05, 0.1) is 19.2 Å². The Morgan fingerprint density at radius 1 is 1.22 bits per heavy atom. The van der Waals surface area contributed by atoms with Crippen LogP contribution in [0, 0.1) is 0 Å². The van der Waals surface area contributed by atoms with Crippen LogP contribution in [0.1, 0.15) is 24.2 Å². The molecule has 0 radical (unpaired) electrons. The molecule has 0 spiro atoms. The molecule has 0 unspecified atom stereocenters. The van der Waals surface area contributed by atoms with Crippen LogP contribution >= 0.6 is 11.6 Å². The number of hydrogen-bond acceptors (Lipinski definition) is 3. The summed E-state index contributed by atoms with van der Waals surface area (Å²) in [6, 6.07) is 3.24. The summed E-state index contributed by atoms with van der Waals surface area (Å²) in [5.41, 5.74) is 0.501. The summed E-state index contributed by atoms with van der Waals surface area (Å²) in [7, 11) is 3.02. The second-order valence-corrected chi connectivity index (χ2v) is 4.08. The molecule has 1 amide bonds. The Balaban J connectivity index is 3.19. The Hall–Kier alpha value is -1.42. The lowest BCUT2D eigenvalue weighted by Gasteiger charge is -2.19. The zero-order valence-corrected chi connectivity index (χ0v) is 11.9. The van der Waals surface area contributed by atoms with Gasteiger partial charge < -0.3 is 14.4 Å². The lowest BCUT2D eigenvalue weighted by molar-refractivity contribution is 0.0772. The number of hydrogen-bond donors (Lipinski definition) is 0. The second-order valence-electron chi connectivity index (χ2n) is 3.67. The van der Waals surface area contributed by atoms with E-state index in [2.05, 4.69) is 0 Å². The van der Waals surface area contributed by atoms with E-state index in [4.69, 9.17) is 21.1 Å². The number of ether oxygens (including phenoxy) is 2. The number of amides is 1. The van der Waals surface area contributed by atoms with Crippen LogP contribution < -0.4 is 9.47 Å². The van der Waals surface area contributed by atoms with Crippen molar-refractivity contribution < 1.29 is 14.3 Å². The molecule has 18 heavy (non-hydrogen) atoms. The first kappa shape index (κ1) is 14.6. The SMILES string of the molecule is CCN(CC)C(=O)c1cc(Cl)c(OC)c(OC)c1. The molecule has 1 aromatic rings. The van der Waals surface area contributed by atoms with Crippen LogP contribution in [0.5, 0.6) is 11.5 Å². The summed E-state index contributed by atoms with van der Waals surface area (Å²) in [5, 5.41) is 0.368. The van der Waals surface area contributed by atoms with E-state index in [-0.39, 0.29) is 5.91 Å². The molecule has 4 nitrogen and oxygen atoms in total. The third kappa shape index (κ3) is 2.88. The number of carbonyl (C=O) groups is 1. The Bertz CT molecular complexity index is 430. The third-order valence-electron chi connectivity index (χ3n) is 2.73. The maximum atomic E-state index is 12.2. The molecule has 0 aliphatic carbocycles. The van der Waals surface area contributed by atoms with Crippen LogP contribution in [-0.2, 0) is 0 Å². The molecular weight excluding hydrogens is 254 g/mol. The molecular formula is C13H18ClNO3. The monoisotopic (exact) mass is 271 g/mol. The average Bonchev–Trinajstić information content (AvgIpc) is 2.38. The van der Waals surface area contributed by atoms with Crippen molar-refractivity contribution >= 4 is 17.5 Å². The second kappa shape index (κ2) is 6.50. The summed E-state index contributed by atoms with van der Waals surface area (Å²) in [6.07, 6.45) is 0. The number of nitrogens with zero attached hydrogens (tertiary/aromatic N) is 1. The van der Waals surface area contributed by atoms with Crippen molar-refractivity contribution in [3.05, 3.63) is 22.7 Å². The van der Waals surface area contributed by atoms with Gasteiger partial charge in [-0.3, -0.25) is 4.79 Å². The molecule has 0 atom stereocenters. The summed E-state index contributed by atoms with van der Waals surface area (Å²) in [4.78, 5) is 13.9. The Morgan fingerprint density at radius 2 is 1.83 bits per heavy atom. The van der Waals surface area contributed by atoms with Crippen molar-refractivity contribution in [2.75, 3.05) is 27.3 Å². The van der Waals surface area contributed by atoms with Crippen molar-refractivity contribution in [3.63, 3.8) is 0 Å². The topological polar surface area (TPSA) is 38.8 Å². The van der Waals surface area contributed by atoms with E-state index < -0.39 is 0 Å². The average molecular weight is 272 g/mol. The van der Waals surface area contributed by atoms with Crippen molar-refractivity contribution in [1.82, 2.24) is 4.90 Å². The van der Waals surface area contributed by atoms with Crippen molar-refractivity contribution in [2.45, 2.75) is 13.8 Å². The molecule has 5 heteroatoms. The van der Waals surface area contributed by atoms with Gasteiger partial charge in [-0.1, -0.05) is 11.6 Å². The predicted molar refractivity (Wildman–Crippen MR) is 71.8 cm³/mol. The fraction of sp³-hybridized carbons (Fsp3) is 0.462. The van der Waals surface area contributed by atoms with Crippen LogP contribution in [0.15, 0.2) is 12.1 Å². The van der Waals surface area contributed by atoms with Crippen LogP contribution in [0.4, 0.5) is 0 Å². The molecule has 0 N–H and O–H groups in total. The minimum Gasteiger partial charge on any atom is -0.493 e. The van der Waals surface area contributed by atoms with Crippen LogP contribution in [0.2, 0.25) is 5.02 Å². The minimum absolute atomic E-state index is 0.0668. The van der Waals surface area contributed by atoms with Crippen LogP contribution in [0.25, 0.3) is 0 Å². The largest absolute Gasteiger partial charge is 0.493 e. The fourth-order valence-electron chi connectivity index (χ4n) is 1.73. The number of halogens is 1. The fourth-order valence-corrected chi connectivity index (χ4v) is 2.02. The molecule has 0 saturated carbocycles. The van der Waals surface area contributed by atoms with E-state index in [9.17, 15) is 4.79 Å². The zero-order valence-electron chi connectivity index (χ0n) is 11.1. The summed E-state index contributed by atoms with van der Waals surface area (Å²) < 4.78 is 10.3.